The number of nitrogens with one attached hydrogen (secondary N) is 2. The van der Waals surface area contributed by atoms with Crippen LogP contribution in [0.2, 0.25) is 0 Å². The van der Waals surface area contributed by atoms with Gasteiger partial charge in [0.1, 0.15) is 11.3 Å². The van der Waals surface area contributed by atoms with Crippen LogP contribution in [0, 0.1) is 11.8 Å². The molecule has 0 saturated heterocycles. The molecule has 2 aromatic carbocycles. The van der Waals surface area contributed by atoms with Crippen molar-refractivity contribution in [2.24, 2.45) is 0 Å². The Kier molecular flexibility index (Phi) is 11.6. The molecule has 4 aromatic rings. The lowest BCUT2D eigenvalue weighted by Gasteiger charge is -2.27. The molecule has 0 aliphatic carbocycles. The lowest BCUT2D eigenvalue weighted by molar-refractivity contribution is 0.256. The Morgan fingerprint density at radius 3 is 2.29 bits per heavy atom. The molecule has 0 aliphatic rings. The minimum atomic E-state index is -0.360. The highest BCUT2D eigenvalue weighted by Crippen LogP contribution is 2.36. The van der Waals surface area contributed by atoms with Gasteiger partial charge in [-0.25, -0.2) is 9.78 Å². The molecule has 7 nitrogen and oxygen atoms in total. The molecule has 0 atom stereocenters. The van der Waals surface area contributed by atoms with Crippen molar-refractivity contribution in [3.63, 3.8) is 0 Å². The molecule has 4 rings (SSSR count). The van der Waals surface area contributed by atoms with E-state index in [0.29, 0.717) is 30.0 Å². The summed E-state index contributed by atoms with van der Waals surface area (Å²) in [6.45, 7) is 17.8. The van der Waals surface area contributed by atoms with Crippen molar-refractivity contribution in [1.29, 1.82) is 0 Å². The number of carbonyl (C=O) groups excluding carboxylic acids is 1. The Labute approximate surface area is 268 Å². The number of H-pyrrole nitrogens is 1. The number of aromatic amines is 1. The van der Waals surface area contributed by atoms with Crippen molar-refractivity contribution < 1.29 is 4.79 Å². The van der Waals surface area contributed by atoms with Crippen LogP contribution in [-0.2, 0) is 0 Å². The molecule has 7 heteroatoms. The number of hydrogen-bond acceptors (Lipinski definition) is 4. The van der Waals surface area contributed by atoms with E-state index in [1.165, 1.54) is 0 Å². The van der Waals surface area contributed by atoms with E-state index in [9.17, 15) is 9.59 Å². The molecule has 2 aromatic heterocycles. The first-order valence-corrected chi connectivity index (χ1v) is 16.2. The van der Waals surface area contributed by atoms with E-state index in [1.807, 2.05) is 42.5 Å². The van der Waals surface area contributed by atoms with Crippen LogP contribution in [-0.4, -0.2) is 47.1 Å². The number of carbonyl (C=O) groups is 1. The fourth-order valence-corrected chi connectivity index (χ4v) is 5.62. The molecule has 0 aliphatic heterocycles. The molecule has 0 spiro atoms. The van der Waals surface area contributed by atoms with Gasteiger partial charge < -0.3 is 10.3 Å². The summed E-state index contributed by atoms with van der Waals surface area (Å²) in [4.78, 5) is 39.7. The van der Waals surface area contributed by atoms with Crippen LogP contribution in [0.1, 0.15) is 89.8 Å². The monoisotopic (exact) mass is 605 g/mol. The standard InChI is InChI=1S/C38H47N5O2/c1-8-11-24-43(38(45)40-34-30(26(4)5)19-13-20-31(34)27(6)7)35-33(32-21-14-22-39-36(32)41-37(35)44)29-18-12-16-28(25-29)17-15-23-42(9-2)10-3/h12-14,16,18-22,25-27H,8-11,23-24H2,1-7H3,(H,40,45)(H,39,41,44). The molecule has 2 heterocycles. The second kappa shape index (κ2) is 15.5. The molecule has 2 amide bonds. The number of anilines is 2. The highest BCUT2D eigenvalue weighted by atomic mass is 16.2. The van der Waals surface area contributed by atoms with Gasteiger partial charge in [-0.1, -0.05) is 97.1 Å². The van der Waals surface area contributed by atoms with Crippen molar-refractivity contribution in [1.82, 2.24) is 14.9 Å². The summed E-state index contributed by atoms with van der Waals surface area (Å²) in [5.74, 6) is 7.01. The van der Waals surface area contributed by atoms with Crippen LogP contribution < -0.4 is 15.8 Å². The molecule has 0 saturated carbocycles. The zero-order valence-corrected chi connectivity index (χ0v) is 27.8. The number of aromatic nitrogens is 2. The minimum Gasteiger partial charge on any atom is -0.307 e. The quantitative estimate of drug-likeness (QED) is 0.168. The van der Waals surface area contributed by atoms with E-state index in [4.69, 9.17) is 0 Å². The number of rotatable bonds is 11. The van der Waals surface area contributed by atoms with Gasteiger partial charge in [-0.2, -0.15) is 0 Å². The maximum atomic E-state index is 14.4. The van der Waals surface area contributed by atoms with Gasteiger partial charge in [-0.15, -0.1) is 0 Å². The number of hydrogen-bond donors (Lipinski definition) is 2. The van der Waals surface area contributed by atoms with E-state index < -0.39 is 0 Å². The van der Waals surface area contributed by atoms with Crippen molar-refractivity contribution in [3.8, 4) is 23.0 Å². The first kappa shape index (κ1) is 33.5. The first-order chi connectivity index (χ1) is 21.7. The Hall–Kier alpha value is -4.41. The molecule has 0 fully saturated rings. The van der Waals surface area contributed by atoms with Crippen molar-refractivity contribution in [2.45, 2.75) is 73.1 Å². The van der Waals surface area contributed by atoms with E-state index in [2.05, 4.69) is 92.6 Å². The normalized spacial score (nSPS) is 11.2. The van der Waals surface area contributed by atoms with Gasteiger partial charge in [0.2, 0.25) is 0 Å². The van der Waals surface area contributed by atoms with E-state index >= 15 is 0 Å². The highest BCUT2D eigenvalue weighted by molar-refractivity contribution is 6.09. The molecule has 45 heavy (non-hydrogen) atoms. The van der Waals surface area contributed by atoms with Crippen LogP contribution in [0.15, 0.2) is 65.6 Å². The third-order valence-electron chi connectivity index (χ3n) is 8.20. The Morgan fingerprint density at radius 2 is 1.64 bits per heavy atom. The van der Waals surface area contributed by atoms with Gasteiger partial charge >= 0.3 is 6.03 Å². The zero-order chi connectivity index (χ0) is 32.5. The van der Waals surface area contributed by atoms with Crippen molar-refractivity contribution >= 4 is 28.4 Å². The molecular formula is C38H47N5O2. The van der Waals surface area contributed by atoms with Gasteiger partial charge in [0.15, 0.2) is 0 Å². The average Bonchev–Trinajstić information content (AvgIpc) is 3.03. The fraction of sp³-hybridized carbons (Fsp3) is 0.395. The largest absolute Gasteiger partial charge is 0.326 e. The van der Waals surface area contributed by atoms with E-state index in [-0.39, 0.29) is 23.4 Å². The SMILES string of the molecule is CCCCN(C(=O)Nc1c(C(C)C)cccc1C(C)C)c1c(-c2cccc(C#CCN(CC)CC)c2)c2cccnc2[nH]c1=O. The van der Waals surface area contributed by atoms with Gasteiger partial charge in [0, 0.05) is 34.9 Å². The number of urea groups is 1. The topological polar surface area (TPSA) is 81.3 Å². The summed E-state index contributed by atoms with van der Waals surface area (Å²) in [5, 5.41) is 4.02. The predicted molar refractivity (Wildman–Crippen MR) is 188 cm³/mol. The highest BCUT2D eigenvalue weighted by Gasteiger charge is 2.27. The smallest absolute Gasteiger partial charge is 0.307 e. The Morgan fingerprint density at radius 1 is 0.956 bits per heavy atom. The number of para-hydroxylation sites is 1. The zero-order valence-electron chi connectivity index (χ0n) is 27.8. The number of unbranched alkanes of at least 4 members (excludes halogenated alkanes) is 1. The maximum Gasteiger partial charge on any atom is 0.326 e. The van der Waals surface area contributed by atoms with Crippen molar-refractivity contribution in [3.05, 3.63) is 87.8 Å². The van der Waals surface area contributed by atoms with Crippen LogP contribution in [0.5, 0.6) is 0 Å². The number of fused-ring (bicyclic) bond motifs is 1. The maximum absolute atomic E-state index is 14.4. The molecule has 0 bridgehead atoms. The van der Waals surface area contributed by atoms with Crippen LogP contribution in [0.25, 0.3) is 22.2 Å². The number of nitrogens with zero attached hydrogens (tertiary/aromatic N) is 3. The average molecular weight is 606 g/mol. The van der Waals surface area contributed by atoms with Gasteiger partial charge in [-0.3, -0.25) is 14.6 Å². The number of pyridine rings is 2. The van der Waals surface area contributed by atoms with Crippen LogP contribution >= 0.6 is 0 Å². The summed E-state index contributed by atoms with van der Waals surface area (Å²) in [6.07, 6.45) is 3.26. The Bertz CT molecular complexity index is 1710. The van der Waals surface area contributed by atoms with Gasteiger partial charge in [0.05, 0.1) is 6.54 Å². The van der Waals surface area contributed by atoms with Crippen molar-refractivity contribution in [2.75, 3.05) is 36.4 Å². The lowest BCUT2D eigenvalue weighted by Crippen LogP contribution is -2.40. The lowest BCUT2D eigenvalue weighted by atomic mass is 9.92. The summed E-state index contributed by atoms with van der Waals surface area (Å²) in [6, 6.07) is 17.5. The van der Waals surface area contributed by atoms with Gasteiger partial charge in [0.25, 0.3) is 5.56 Å². The molecular weight excluding hydrogens is 558 g/mol. The van der Waals surface area contributed by atoms with Crippen LogP contribution in [0.4, 0.5) is 16.2 Å². The summed E-state index contributed by atoms with van der Waals surface area (Å²) in [7, 11) is 0. The summed E-state index contributed by atoms with van der Waals surface area (Å²) < 4.78 is 0. The van der Waals surface area contributed by atoms with E-state index in [1.54, 1.807) is 11.1 Å². The molecule has 2 N–H and O–H groups in total. The molecule has 0 unspecified atom stereocenters. The second-order valence-corrected chi connectivity index (χ2v) is 12.0. The summed E-state index contributed by atoms with van der Waals surface area (Å²) >= 11 is 0. The van der Waals surface area contributed by atoms with Crippen LogP contribution in [0.3, 0.4) is 0 Å². The number of amides is 2. The second-order valence-electron chi connectivity index (χ2n) is 12.0. The van der Waals surface area contributed by atoms with E-state index in [0.717, 1.165) is 59.3 Å². The number of benzene rings is 2. The Balaban J connectivity index is 1.90. The predicted octanol–water partition coefficient (Wildman–Crippen LogP) is 8.37. The fourth-order valence-electron chi connectivity index (χ4n) is 5.62. The minimum absolute atomic E-state index is 0.208. The molecule has 0 radical (unpaired) electrons. The van der Waals surface area contributed by atoms with Gasteiger partial charge in [-0.05, 0) is 72.3 Å². The first-order valence-electron chi connectivity index (χ1n) is 16.2. The summed E-state index contributed by atoms with van der Waals surface area (Å²) in [5.41, 5.74) is 5.70. The molecule has 236 valence electrons. The third kappa shape index (κ3) is 7.82. The third-order valence-corrected chi connectivity index (χ3v) is 8.20.